The van der Waals surface area contributed by atoms with E-state index in [-0.39, 0.29) is 5.41 Å². The van der Waals surface area contributed by atoms with Crippen LogP contribution in [0.1, 0.15) is 40.0 Å². The second kappa shape index (κ2) is 4.63. The molecule has 1 rings (SSSR count). The maximum Gasteiger partial charge on any atom is 0.329 e. The summed E-state index contributed by atoms with van der Waals surface area (Å²) in [4.78, 5) is 21.4. The van der Waals surface area contributed by atoms with Crippen molar-refractivity contribution < 1.29 is 9.59 Å². The average Bonchev–Trinajstić information content (AvgIpc) is 2.10. The molecule has 0 aromatic heterocycles. The van der Waals surface area contributed by atoms with E-state index >= 15 is 0 Å². The van der Waals surface area contributed by atoms with Crippen LogP contribution in [0, 0.1) is 11.3 Å². The molecule has 0 radical (unpaired) electrons. The van der Waals surface area contributed by atoms with Crippen LogP contribution >= 0.6 is 0 Å². The van der Waals surface area contributed by atoms with Crippen molar-refractivity contribution in [2.75, 3.05) is 0 Å². The number of carbonyl (C=O) groups is 2. The summed E-state index contributed by atoms with van der Waals surface area (Å²) in [5.74, 6) is -1.32. The van der Waals surface area contributed by atoms with Crippen molar-refractivity contribution in [3.63, 3.8) is 0 Å². The van der Waals surface area contributed by atoms with Gasteiger partial charge in [0.1, 0.15) is 0 Å². The maximum atomic E-state index is 10.9. The smallest absolute Gasteiger partial charge is 0.329 e. The number of nitrogens with zero attached hydrogens (tertiary/aromatic N) is 1. The summed E-state index contributed by atoms with van der Waals surface area (Å²) in [6.45, 7) is 6.51. The Labute approximate surface area is 95.5 Å². The molecule has 0 unspecified atom stereocenters. The lowest BCUT2D eigenvalue weighted by molar-refractivity contribution is -0.137. The first-order valence-electron chi connectivity index (χ1n) is 5.45. The number of primary amides is 1. The molecule has 1 aliphatic rings. The van der Waals surface area contributed by atoms with Gasteiger partial charge in [-0.3, -0.25) is 9.59 Å². The monoisotopic (exact) mass is 225 g/mol. The van der Waals surface area contributed by atoms with Crippen molar-refractivity contribution in [1.82, 2.24) is 5.43 Å². The first-order chi connectivity index (χ1) is 7.30. The van der Waals surface area contributed by atoms with E-state index in [0.29, 0.717) is 5.92 Å². The molecule has 2 amide bonds. The van der Waals surface area contributed by atoms with E-state index in [0.717, 1.165) is 25.0 Å². The number of nitrogens with two attached hydrogens (primary N) is 1. The van der Waals surface area contributed by atoms with Gasteiger partial charge in [-0.2, -0.15) is 5.10 Å². The van der Waals surface area contributed by atoms with Gasteiger partial charge in [0.2, 0.25) is 0 Å². The Bertz CT molecular complexity index is 334. The van der Waals surface area contributed by atoms with Gasteiger partial charge in [0.15, 0.2) is 0 Å². The highest BCUT2D eigenvalue weighted by Gasteiger charge is 2.29. The van der Waals surface area contributed by atoms with Gasteiger partial charge in [-0.25, -0.2) is 5.43 Å². The SMILES string of the molecule is C[C@H]1CC(=NNC(=O)C(N)=O)CC(C)(C)C1. The largest absolute Gasteiger partial charge is 0.361 e. The van der Waals surface area contributed by atoms with E-state index in [4.69, 9.17) is 5.73 Å². The normalized spacial score (nSPS) is 26.4. The molecule has 0 heterocycles. The maximum absolute atomic E-state index is 10.9. The Morgan fingerprint density at radius 2 is 2.12 bits per heavy atom. The van der Waals surface area contributed by atoms with Gasteiger partial charge in [0.05, 0.1) is 0 Å². The highest BCUT2D eigenvalue weighted by Crippen LogP contribution is 2.36. The van der Waals surface area contributed by atoms with Crippen LogP contribution in [0.5, 0.6) is 0 Å². The quantitative estimate of drug-likeness (QED) is 0.510. The van der Waals surface area contributed by atoms with Gasteiger partial charge in [0, 0.05) is 5.71 Å². The number of carbonyl (C=O) groups excluding carboxylic acids is 2. The zero-order valence-electron chi connectivity index (χ0n) is 10.0. The Kier molecular flexibility index (Phi) is 3.67. The molecule has 0 bridgehead atoms. The second-order valence-electron chi connectivity index (χ2n) is 5.34. The van der Waals surface area contributed by atoms with Crippen molar-refractivity contribution in [3.8, 4) is 0 Å². The summed E-state index contributed by atoms with van der Waals surface area (Å²) < 4.78 is 0. The van der Waals surface area contributed by atoms with Crippen LogP contribution in [0.3, 0.4) is 0 Å². The Morgan fingerprint density at radius 1 is 1.50 bits per heavy atom. The van der Waals surface area contributed by atoms with Crippen LogP contribution < -0.4 is 11.2 Å². The Hall–Kier alpha value is -1.39. The second-order valence-corrected chi connectivity index (χ2v) is 5.34. The fourth-order valence-electron chi connectivity index (χ4n) is 2.38. The fourth-order valence-corrected chi connectivity index (χ4v) is 2.38. The number of nitrogens with one attached hydrogen (secondary N) is 1. The van der Waals surface area contributed by atoms with Crippen LogP contribution in [0.15, 0.2) is 5.10 Å². The molecule has 1 saturated carbocycles. The van der Waals surface area contributed by atoms with E-state index in [1.54, 1.807) is 0 Å². The van der Waals surface area contributed by atoms with Gasteiger partial charge < -0.3 is 5.73 Å². The first-order valence-corrected chi connectivity index (χ1v) is 5.45. The summed E-state index contributed by atoms with van der Waals surface area (Å²) in [6, 6.07) is 0. The average molecular weight is 225 g/mol. The molecule has 1 atom stereocenters. The number of amides is 2. The van der Waals surface area contributed by atoms with Gasteiger partial charge in [-0.1, -0.05) is 20.8 Å². The molecule has 0 spiro atoms. The third-order valence-electron chi connectivity index (χ3n) is 2.71. The third kappa shape index (κ3) is 3.64. The van der Waals surface area contributed by atoms with E-state index in [2.05, 4.69) is 31.3 Å². The minimum absolute atomic E-state index is 0.202. The number of rotatable bonds is 1. The molecule has 0 aromatic rings. The van der Waals surface area contributed by atoms with Crippen molar-refractivity contribution in [2.24, 2.45) is 22.2 Å². The molecule has 3 N–H and O–H groups in total. The minimum Gasteiger partial charge on any atom is -0.361 e. The van der Waals surface area contributed by atoms with Gasteiger partial charge in [-0.15, -0.1) is 0 Å². The van der Waals surface area contributed by atoms with Gasteiger partial charge >= 0.3 is 11.8 Å². The zero-order valence-corrected chi connectivity index (χ0v) is 10.0. The van der Waals surface area contributed by atoms with Gasteiger partial charge in [-0.05, 0) is 30.6 Å². The van der Waals surface area contributed by atoms with E-state index in [9.17, 15) is 9.59 Å². The zero-order chi connectivity index (χ0) is 12.3. The topological polar surface area (TPSA) is 84.6 Å². The molecule has 5 heteroatoms. The molecule has 1 fully saturated rings. The summed E-state index contributed by atoms with van der Waals surface area (Å²) in [6.07, 6.45) is 2.86. The summed E-state index contributed by atoms with van der Waals surface area (Å²) in [7, 11) is 0. The summed E-state index contributed by atoms with van der Waals surface area (Å²) in [5.41, 5.74) is 8.13. The van der Waals surface area contributed by atoms with Gasteiger partial charge in [0.25, 0.3) is 0 Å². The minimum atomic E-state index is -1.01. The molecule has 1 aliphatic carbocycles. The van der Waals surface area contributed by atoms with Crippen LogP contribution in [-0.2, 0) is 9.59 Å². The number of hydrazone groups is 1. The molecular formula is C11H19N3O2. The lowest BCUT2D eigenvalue weighted by atomic mass is 9.72. The molecule has 0 aromatic carbocycles. The molecule has 0 aliphatic heterocycles. The molecule has 90 valence electrons. The van der Waals surface area contributed by atoms with E-state index in [1.165, 1.54) is 0 Å². The van der Waals surface area contributed by atoms with Crippen molar-refractivity contribution in [2.45, 2.75) is 40.0 Å². The van der Waals surface area contributed by atoms with E-state index < -0.39 is 11.8 Å². The lowest BCUT2D eigenvalue weighted by Crippen LogP contribution is -2.35. The number of hydrogen-bond donors (Lipinski definition) is 2. The summed E-state index contributed by atoms with van der Waals surface area (Å²) >= 11 is 0. The fraction of sp³-hybridized carbons (Fsp3) is 0.727. The molecule has 0 saturated heterocycles. The lowest BCUT2D eigenvalue weighted by Gasteiger charge is -2.34. The predicted octanol–water partition coefficient (Wildman–Crippen LogP) is 0.790. The van der Waals surface area contributed by atoms with Crippen LogP contribution in [-0.4, -0.2) is 17.5 Å². The van der Waals surface area contributed by atoms with Crippen LogP contribution in [0.4, 0.5) is 0 Å². The first kappa shape index (κ1) is 12.7. The van der Waals surface area contributed by atoms with Crippen LogP contribution in [0.25, 0.3) is 0 Å². The van der Waals surface area contributed by atoms with Crippen LogP contribution in [0.2, 0.25) is 0 Å². The van der Waals surface area contributed by atoms with Crippen molar-refractivity contribution in [3.05, 3.63) is 0 Å². The highest BCUT2D eigenvalue weighted by molar-refractivity contribution is 6.34. The molecular weight excluding hydrogens is 206 g/mol. The Balaban J connectivity index is 2.62. The molecule has 16 heavy (non-hydrogen) atoms. The van der Waals surface area contributed by atoms with Crippen molar-refractivity contribution >= 4 is 17.5 Å². The third-order valence-corrected chi connectivity index (χ3v) is 2.71. The highest BCUT2D eigenvalue weighted by atomic mass is 16.2. The van der Waals surface area contributed by atoms with E-state index in [1.807, 2.05) is 0 Å². The Morgan fingerprint density at radius 3 is 2.62 bits per heavy atom. The standard InChI is InChI=1S/C11H19N3O2/c1-7-4-8(6-11(2,3)5-7)13-14-10(16)9(12)15/h7H,4-6H2,1-3H3,(H2,12,15)(H,14,16)/t7-/m0/s1. The van der Waals surface area contributed by atoms with Crippen molar-refractivity contribution in [1.29, 1.82) is 0 Å². The molecule has 5 nitrogen and oxygen atoms in total. The summed E-state index contributed by atoms with van der Waals surface area (Å²) in [5, 5.41) is 3.97. The number of hydrogen-bond acceptors (Lipinski definition) is 3. The predicted molar refractivity (Wildman–Crippen MR) is 61.6 cm³/mol.